The number of hydrogen-bond acceptors (Lipinski definition) is 4. The fraction of sp³-hybridized carbons (Fsp3) is 0.0625. The second-order valence-corrected chi connectivity index (χ2v) is 4.48. The van der Waals surface area contributed by atoms with E-state index in [-0.39, 0.29) is 28.4 Å². The maximum absolute atomic E-state index is 12.5. The van der Waals surface area contributed by atoms with Crippen molar-refractivity contribution >= 4 is 17.5 Å². The molecule has 4 heteroatoms. The van der Waals surface area contributed by atoms with Crippen molar-refractivity contribution in [3.63, 3.8) is 0 Å². The molecule has 1 aliphatic carbocycles. The Morgan fingerprint density at radius 2 is 1.45 bits per heavy atom. The van der Waals surface area contributed by atoms with Gasteiger partial charge < -0.3 is 4.74 Å². The van der Waals surface area contributed by atoms with Gasteiger partial charge in [0.1, 0.15) is 5.75 Å². The molecule has 0 aromatic heterocycles. The van der Waals surface area contributed by atoms with Crippen LogP contribution in [0.5, 0.6) is 5.75 Å². The van der Waals surface area contributed by atoms with Crippen LogP contribution in [0.2, 0.25) is 0 Å². The molecule has 0 fully saturated rings. The number of benzene rings is 2. The van der Waals surface area contributed by atoms with Gasteiger partial charge in [0.15, 0.2) is 11.6 Å². The maximum atomic E-state index is 12.5. The molecule has 0 radical (unpaired) electrons. The Hall–Kier alpha value is -2.75. The molecule has 0 amide bonds. The average molecular weight is 266 g/mol. The first kappa shape index (κ1) is 12.3. The summed E-state index contributed by atoms with van der Waals surface area (Å²) in [6, 6.07) is 11.3. The molecule has 1 aliphatic rings. The van der Waals surface area contributed by atoms with Crippen molar-refractivity contribution in [3.8, 4) is 5.75 Å². The number of fused-ring (bicyclic) bond motifs is 2. The molecule has 3 rings (SSSR count). The molecular weight excluding hydrogens is 256 g/mol. The smallest absolute Gasteiger partial charge is 0.308 e. The second-order valence-electron chi connectivity index (χ2n) is 4.48. The highest BCUT2D eigenvalue weighted by molar-refractivity contribution is 6.29. The maximum Gasteiger partial charge on any atom is 0.308 e. The van der Waals surface area contributed by atoms with Crippen molar-refractivity contribution in [2.45, 2.75) is 6.92 Å². The van der Waals surface area contributed by atoms with Gasteiger partial charge in [0.25, 0.3) is 0 Å². The first-order valence-corrected chi connectivity index (χ1v) is 6.09. The van der Waals surface area contributed by atoms with Crippen molar-refractivity contribution in [1.82, 2.24) is 0 Å². The Morgan fingerprint density at radius 3 is 2.10 bits per heavy atom. The largest absolute Gasteiger partial charge is 0.426 e. The molecule has 0 unspecified atom stereocenters. The van der Waals surface area contributed by atoms with E-state index in [9.17, 15) is 14.4 Å². The molecule has 0 saturated heterocycles. The minimum atomic E-state index is -0.530. The third-order valence-electron chi connectivity index (χ3n) is 3.17. The zero-order chi connectivity index (χ0) is 14.3. The number of ether oxygens (including phenoxy) is 1. The van der Waals surface area contributed by atoms with E-state index in [0.29, 0.717) is 11.1 Å². The van der Waals surface area contributed by atoms with Crippen LogP contribution in [-0.2, 0) is 4.79 Å². The minimum Gasteiger partial charge on any atom is -0.426 e. The molecule has 2 aromatic rings. The van der Waals surface area contributed by atoms with Crippen LogP contribution >= 0.6 is 0 Å². The summed E-state index contributed by atoms with van der Waals surface area (Å²) in [6.07, 6.45) is 0. The van der Waals surface area contributed by atoms with Crippen molar-refractivity contribution in [2.75, 3.05) is 0 Å². The lowest BCUT2D eigenvalue weighted by Crippen LogP contribution is -2.22. The van der Waals surface area contributed by atoms with Gasteiger partial charge in [-0.15, -0.1) is 0 Å². The van der Waals surface area contributed by atoms with E-state index in [1.165, 1.54) is 13.0 Å². The predicted octanol–water partition coefficient (Wildman–Crippen LogP) is 2.39. The van der Waals surface area contributed by atoms with Crippen LogP contribution in [0.1, 0.15) is 38.8 Å². The summed E-state index contributed by atoms with van der Waals surface area (Å²) in [4.78, 5) is 36.0. The van der Waals surface area contributed by atoms with Gasteiger partial charge in [-0.25, -0.2) is 0 Å². The zero-order valence-electron chi connectivity index (χ0n) is 10.7. The van der Waals surface area contributed by atoms with Crippen molar-refractivity contribution in [2.24, 2.45) is 0 Å². The summed E-state index contributed by atoms with van der Waals surface area (Å²) in [7, 11) is 0. The SMILES string of the molecule is CC(=O)Oc1cccc2c1C(=O)c1ccccc1C2=O. The molecule has 0 N–H and O–H groups in total. The highest BCUT2D eigenvalue weighted by Crippen LogP contribution is 2.33. The molecule has 20 heavy (non-hydrogen) atoms. The molecule has 0 bridgehead atoms. The molecule has 0 heterocycles. The predicted molar refractivity (Wildman–Crippen MR) is 71.1 cm³/mol. The van der Waals surface area contributed by atoms with Gasteiger partial charge in [-0.2, -0.15) is 0 Å². The summed E-state index contributed by atoms with van der Waals surface area (Å²) in [5.74, 6) is -0.934. The van der Waals surface area contributed by atoms with E-state index in [4.69, 9.17) is 4.74 Å². The minimum absolute atomic E-state index is 0.128. The van der Waals surface area contributed by atoms with Crippen LogP contribution in [0.3, 0.4) is 0 Å². The Kier molecular flexibility index (Phi) is 2.71. The normalized spacial score (nSPS) is 12.7. The van der Waals surface area contributed by atoms with E-state index in [0.717, 1.165) is 0 Å². The number of rotatable bonds is 1. The fourth-order valence-electron chi connectivity index (χ4n) is 2.35. The standard InChI is InChI=1S/C16H10O4/c1-9(17)20-13-8-4-7-12-14(13)16(19)11-6-3-2-5-10(11)15(12)18/h2-8H,1H3. The lowest BCUT2D eigenvalue weighted by Gasteiger charge is -2.19. The van der Waals surface area contributed by atoms with Crippen LogP contribution in [-0.4, -0.2) is 17.5 Å². The summed E-state index contributed by atoms with van der Waals surface area (Å²) >= 11 is 0. The van der Waals surface area contributed by atoms with E-state index >= 15 is 0 Å². The van der Waals surface area contributed by atoms with Gasteiger partial charge in [-0.3, -0.25) is 14.4 Å². The van der Waals surface area contributed by atoms with Crippen molar-refractivity contribution in [3.05, 3.63) is 64.7 Å². The zero-order valence-corrected chi connectivity index (χ0v) is 10.7. The van der Waals surface area contributed by atoms with Gasteiger partial charge in [0.2, 0.25) is 0 Å². The Balaban J connectivity index is 2.25. The Labute approximate surface area is 115 Å². The first-order valence-electron chi connectivity index (χ1n) is 6.09. The summed E-state index contributed by atoms with van der Waals surface area (Å²) in [5, 5.41) is 0. The number of carbonyl (C=O) groups excluding carboxylic acids is 3. The molecular formula is C16H10O4. The van der Waals surface area contributed by atoms with Crippen molar-refractivity contribution < 1.29 is 19.1 Å². The van der Waals surface area contributed by atoms with Gasteiger partial charge >= 0.3 is 5.97 Å². The highest BCUT2D eigenvalue weighted by atomic mass is 16.5. The van der Waals surface area contributed by atoms with Crippen LogP contribution in [0.25, 0.3) is 0 Å². The second kappa shape index (κ2) is 4.42. The summed E-state index contributed by atoms with van der Waals surface area (Å²) in [5.41, 5.74) is 1.15. The quantitative estimate of drug-likeness (QED) is 0.501. The summed E-state index contributed by atoms with van der Waals surface area (Å²) < 4.78 is 5.03. The number of ketones is 2. The molecule has 0 saturated carbocycles. The van der Waals surface area contributed by atoms with Crippen LogP contribution in [0, 0.1) is 0 Å². The van der Waals surface area contributed by atoms with Crippen LogP contribution < -0.4 is 4.74 Å². The third-order valence-corrected chi connectivity index (χ3v) is 3.17. The van der Waals surface area contributed by atoms with Gasteiger partial charge in [-0.05, 0) is 6.07 Å². The lowest BCUT2D eigenvalue weighted by molar-refractivity contribution is -0.131. The molecule has 2 aromatic carbocycles. The van der Waals surface area contributed by atoms with E-state index < -0.39 is 5.97 Å². The van der Waals surface area contributed by atoms with Crippen LogP contribution in [0.4, 0.5) is 0 Å². The molecule has 0 spiro atoms. The van der Waals surface area contributed by atoms with E-state index in [1.54, 1.807) is 36.4 Å². The molecule has 0 aliphatic heterocycles. The molecule has 4 nitrogen and oxygen atoms in total. The average Bonchev–Trinajstić information content (AvgIpc) is 2.44. The Morgan fingerprint density at radius 1 is 0.850 bits per heavy atom. The van der Waals surface area contributed by atoms with Gasteiger partial charge in [0, 0.05) is 23.6 Å². The number of hydrogen-bond donors (Lipinski definition) is 0. The van der Waals surface area contributed by atoms with E-state index in [2.05, 4.69) is 0 Å². The fourth-order valence-corrected chi connectivity index (χ4v) is 2.35. The van der Waals surface area contributed by atoms with Crippen molar-refractivity contribution in [1.29, 1.82) is 0 Å². The third kappa shape index (κ3) is 1.73. The lowest BCUT2D eigenvalue weighted by atomic mass is 9.83. The first-order chi connectivity index (χ1) is 9.59. The molecule has 98 valence electrons. The topological polar surface area (TPSA) is 60.4 Å². The van der Waals surface area contributed by atoms with Crippen LogP contribution in [0.15, 0.2) is 42.5 Å². The van der Waals surface area contributed by atoms with Gasteiger partial charge in [-0.1, -0.05) is 36.4 Å². The summed E-state index contributed by atoms with van der Waals surface area (Å²) in [6.45, 7) is 1.25. The Bertz CT molecular complexity index is 759. The monoisotopic (exact) mass is 266 g/mol. The number of carbonyl (C=O) groups is 3. The highest BCUT2D eigenvalue weighted by Gasteiger charge is 2.32. The number of esters is 1. The molecule has 0 atom stereocenters. The van der Waals surface area contributed by atoms with Gasteiger partial charge in [0.05, 0.1) is 5.56 Å². The van der Waals surface area contributed by atoms with E-state index in [1.807, 2.05) is 0 Å².